The molecule has 0 bridgehead atoms. The second-order valence-electron chi connectivity index (χ2n) is 16.4. The maximum Gasteiger partial charge on any atom is 0.237 e. The number of carbonyl (C=O) groups excluding carboxylic acids is 4. The van der Waals surface area contributed by atoms with Gasteiger partial charge < -0.3 is 19.6 Å². The minimum absolute atomic E-state index is 0.00876. The van der Waals surface area contributed by atoms with Gasteiger partial charge in [0.05, 0.1) is 30.9 Å². The van der Waals surface area contributed by atoms with Crippen LogP contribution in [0.25, 0.3) is 0 Å². The van der Waals surface area contributed by atoms with E-state index in [1.54, 1.807) is 68.2 Å². The van der Waals surface area contributed by atoms with E-state index in [1.807, 2.05) is 39.8 Å². The molecule has 3 aromatic carbocycles. The van der Waals surface area contributed by atoms with Crippen LogP contribution in [0, 0.1) is 0 Å². The van der Waals surface area contributed by atoms with E-state index in [4.69, 9.17) is 0 Å². The Morgan fingerprint density at radius 3 is 0.826 bits per heavy atom. The third-order valence-electron chi connectivity index (χ3n) is 11.4. The minimum Gasteiger partial charge on any atom is -0.334 e. The zero-order valence-electron chi connectivity index (χ0n) is 40.8. The molecule has 0 atom stereocenters. The van der Waals surface area contributed by atoms with Crippen molar-refractivity contribution in [3.8, 4) is 0 Å². The molecule has 0 aliphatic heterocycles. The van der Waals surface area contributed by atoms with E-state index in [1.165, 1.54) is 0 Å². The second-order valence-corrected chi connectivity index (χ2v) is 17.7. The Bertz CT molecular complexity index is 1820. The first-order valence-electron chi connectivity index (χ1n) is 23.5. The highest BCUT2D eigenvalue weighted by Gasteiger charge is 2.37. The Labute approximate surface area is 417 Å². The molecule has 0 aromatic heterocycles. The first kappa shape index (κ1) is 57.0. The van der Waals surface area contributed by atoms with Gasteiger partial charge in [0.1, 0.15) is 0 Å². The average Bonchev–Trinajstić information content (AvgIpc) is 3.36. The zero-order valence-corrected chi connectivity index (χ0v) is 41.7. The van der Waals surface area contributed by atoms with Gasteiger partial charge in [-0.2, -0.15) is 0 Å². The van der Waals surface area contributed by atoms with Crippen molar-refractivity contribution in [1.29, 1.82) is 0 Å². The van der Waals surface area contributed by atoms with E-state index in [2.05, 4.69) is 130 Å². The highest BCUT2D eigenvalue weighted by atomic mass is 32.2. The number of nitrogens with zero attached hydrogens (tertiary/aromatic N) is 7. The van der Waals surface area contributed by atoms with E-state index < -0.39 is 4.75 Å². The van der Waals surface area contributed by atoms with Crippen LogP contribution in [0.15, 0.2) is 192 Å². The van der Waals surface area contributed by atoms with Crippen LogP contribution in [0.1, 0.15) is 16.7 Å². The lowest BCUT2D eigenvalue weighted by Gasteiger charge is -2.37. The Balaban J connectivity index is 2.11. The Hall–Kier alpha value is -6.31. The van der Waals surface area contributed by atoms with E-state index >= 15 is 0 Å². The Kier molecular flexibility index (Phi) is 26.8. The summed E-state index contributed by atoms with van der Waals surface area (Å²) < 4.78 is -0.565. The maximum atomic E-state index is 13.9. The molecule has 0 radical (unpaired) electrons. The van der Waals surface area contributed by atoms with Gasteiger partial charge in [-0.15, -0.1) is 64.4 Å². The van der Waals surface area contributed by atoms with Gasteiger partial charge in [-0.1, -0.05) is 140 Å². The van der Waals surface area contributed by atoms with Gasteiger partial charge in [0.2, 0.25) is 23.6 Å². The zero-order chi connectivity index (χ0) is 50.3. The van der Waals surface area contributed by atoms with Crippen LogP contribution in [0.3, 0.4) is 0 Å². The van der Waals surface area contributed by atoms with Crippen LogP contribution < -0.4 is 0 Å². The molecule has 0 aliphatic rings. The molecule has 0 N–H and O–H groups in total. The van der Waals surface area contributed by atoms with E-state index in [9.17, 15) is 19.2 Å². The van der Waals surface area contributed by atoms with Crippen LogP contribution in [-0.4, -0.2) is 175 Å². The topological polar surface area (TPSA) is 91.0 Å². The number of benzene rings is 3. The summed E-state index contributed by atoms with van der Waals surface area (Å²) in [6, 6.07) is 31.6. The van der Waals surface area contributed by atoms with E-state index in [0.717, 1.165) is 16.7 Å². The molecule has 368 valence electrons. The van der Waals surface area contributed by atoms with Crippen molar-refractivity contribution in [1.82, 2.24) is 34.3 Å². The lowest BCUT2D eigenvalue weighted by atomic mass is 9.84. The summed E-state index contributed by atoms with van der Waals surface area (Å²) in [5, 5.41) is 0. The first-order chi connectivity index (χ1) is 33.5. The smallest absolute Gasteiger partial charge is 0.237 e. The molecule has 0 heterocycles. The molecule has 0 spiro atoms. The SMILES string of the molecule is C=CCN(CC=C)C(=O)CN(CCN(CCSC(c1ccccc1)(c1ccccc1)c1ccccc1)CCN(CC(=O)N(CC=C)CC=C)CC(=O)N(CC=C)CC=C)CC(=O)N(CC=C)CC=C. The molecule has 12 heteroatoms. The third-order valence-corrected chi connectivity index (χ3v) is 12.9. The van der Waals surface area contributed by atoms with Gasteiger partial charge >= 0.3 is 0 Å². The van der Waals surface area contributed by atoms with Gasteiger partial charge in [-0.05, 0) is 16.7 Å². The highest BCUT2D eigenvalue weighted by molar-refractivity contribution is 8.00. The van der Waals surface area contributed by atoms with Crippen molar-refractivity contribution < 1.29 is 19.2 Å². The van der Waals surface area contributed by atoms with E-state index in [0.29, 0.717) is 90.8 Å². The fraction of sp³-hybridized carbons (Fsp3) is 0.333. The summed E-state index contributed by atoms with van der Waals surface area (Å²) in [5.74, 6) is 0.0523. The largest absolute Gasteiger partial charge is 0.334 e. The minimum atomic E-state index is -0.565. The molecule has 0 fully saturated rings. The fourth-order valence-electron chi connectivity index (χ4n) is 7.95. The lowest BCUT2D eigenvalue weighted by Crippen LogP contribution is -2.50. The number of amides is 4. The van der Waals surface area contributed by atoms with Gasteiger partial charge in [-0.25, -0.2) is 0 Å². The summed E-state index contributed by atoms with van der Waals surface area (Å²) in [6.45, 7) is 35.7. The van der Waals surface area contributed by atoms with Gasteiger partial charge in [0.25, 0.3) is 0 Å². The van der Waals surface area contributed by atoms with Crippen LogP contribution in [-0.2, 0) is 23.9 Å². The Morgan fingerprint density at radius 2 is 0.594 bits per heavy atom. The predicted molar refractivity (Wildman–Crippen MR) is 289 cm³/mol. The summed E-state index contributed by atoms with van der Waals surface area (Å²) in [7, 11) is 0. The van der Waals surface area contributed by atoms with Crippen LogP contribution in [0.2, 0.25) is 0 Å². The number of hydrogen-bond acceptors (Lipinski definition) is 8. The first-order valence-corrected chi connectivity index (χ1v) is 24.5. The number of carbonyl (C=O) groups is 4. The van der Waals surface area contributed by atoms with Gasteiger partial charge in [-0.3, -0.25) is 33.9 Å². The lowest BCUT2D eigenvalue weighted by molar-refractivity contribution is -0.136. The number of thioether (sulfide) groups is 1. The van der Waals surface area contributed by atoms with Crippen molar-refractivity contribution in [2.24, 2.45) is 0 Å². The third kappa shape index (κ3) is 18.6. The standard InChI is InChI=1S/C57H75N7O4S/c1-9-32-61(33-10-2)53(65)46-59(47-54(66)62(34-11-3)35-12-4)42-40-58(41-43-60(48-55(67)63(36-13-5)37-14-6)49-56(68)64(38-15-7)39-16-8)44-45-69-57(50-26-20-17-21-27-50,51-28-22-18-23-29-51)52-30-24-19-25-31-52/h9-31H,1-8,32-49H2. The molecule has 3 aromatic rings. The molecule has 4 amide bonds. The van der Waals surface area contributed by atoms with Crippen molar-refractivity contribution in [2.75, 3.05) is 117 Å². The van der Waals surface area contributed by atoms with Crippen LogP contribution >= 0.6 is 11.8 Å². The summed E-state index contributed by atoms with van der Waals surface area (Å²) >= 11 is 1.84. The van der Waals surface area contributed by atoms with Crippen molar-refractivity contribution in [3.63, 3.8) is 0 Å². The Morgan fingerprint density at radius 1 is 0.362 bits per heavy atom. The fourth-order valence-corrected chi connectivity index (χ4v) is 9.51. The molecular weight excluding hydrogens is 879 g/mol. The highest BCUT2D eigenvalue weighted by Crippen LogP contribution is 2.48. The molecule has 0 aliphatic carbocycles. The summed E-state index contributed by atoms with van der Waals surface area (Å²) in [5.41, 5.74) is 3.43. The molecule has 0 saturated carbocycles. The maximum absolute atomic E-state index is 13.9. The van der Waals surface area contributed by atoms with Crippen LogP contribution in [0.5, 0.6) is 0 Å². The normalized spacial score (nSPS) is 11.1. The van der Waals surface area contributed by atoms with Crippen LogP contribution in [0.4, 0.5) is 0 Å². The van der Waals surface area contributed by atoms with Gasteiger partial charge in [0, 0.05) is 90.8 Å². The monoisotopic (exact) mass is 954 g/mol. The number of rotatable bonds is 37. The van der Waals surface area contributed by atoms with Crippen molar-refractivity contribution in [2.45, 2.75) is 4.75 Å². The van der Waals surface area contributed by atoms with E-state index in [-0.39, 0.29) is 49.8 Å². The second kappa shape index (κ2) is 32.4. The average molecular weight is 954 g/mol. The summed E-state index contributed by atoms with van der Waals surface area (Å²) in [4.78, 5) is 68.3. The molecule has 3 rings (SSSR count). The summed E-state index contributed by atoms with van der Waals surface area (Å²) in [6.07, 6.45) is 13.4. The number of hydrogen-bond donors (Lipinski definition) is 0. The quantitative estimate of drug-likeness (QED) is 0.0436. The predicted octanol–water partition coefficient (Wildman–Crippen LogP) is 7.42. The molecule has 0 unspecified atom stereocenters. The van der Waals surface area contributed by atoms with Gasteiger partial charge in [0.15, 0.2) is 0 Å². The van der Waals surface area contributed by atoms with Crippen molar-refractivity contribution >= 4 is 35.4 Å². The molecular formula is C57H75N7O4S. The molecule has 69 heavy (non-hydrogen) atoms. The van der Waals surface area contributed by atoms with Crippen molar-refractivity contribution in [3.05, 3.63) is 209 Å². The molecule has 11 nitrogen and oxygen atoms in total. The molecule has 0 saturated heterocycles.